The Morgan fingerprint density at radius 2 is 1.75 bits per heavy atom. The molecular weight excluding hydrogens is 410 g/mol. The van der Waals surface area contributed by atoms with E-state index >= 15 is 0 Å². The van der Waals surface area contributed by atoms with Gasteiger partial charge in [-0.1, -0.05) is 54.1 Å². The molecule has 8 heteroatoms. The lowest BCUT2D eigenvalue weighted by molar-refractivity contribution is -0.137. The molecule has 3 aromatic rings. The van der Waals surface area contributed by atoms with Gasteiger partial charge < -0.3 is 25.4 Å². The van der Waals surface area contributed by atoms with Gasteiger partial charge in [-0.05, 0) is 36.1 Å². The molecule has 2 amide bonds. The molecule has 0 unspecified atom stereocenters. The summed E-state index contributed by atoms with van der Waals surface area (Å²) in [5, 5.41) is 24.2. The second-order valence-electron chi connectivity index (χ2n) is 7.65. The normalized spacial score (nSPS) is 11.6. The van der Waals surface area contributed by atoms with Crippen molar-refractivity contribution in [3.63, 3.8) is 0 Å². The SMILES string of the molecule is Cc1cccc(Cc2cccc([C@H](CC(=O)O)NC(=O)Nc3c(O)ccn(C)c3=O)c2)c1. The average Bonchev–Trinajstić information content (AvgIpc) is 2.73. The van der Waals surface area contributed by atoms with Gasteiger partial charge in [-0.3, -0.25) is 9.59 Å². The average molecular weight is 435 g/mol. The number of carboxylic acids is 1. The molecule has 0 saturated heterocycles. The number of aryl methyl sites for hydroxylation is 2. The maximum atomic E-state index is 12.5. The van der Waals surface area contributed by atoms with Crippen molar-refractivity contribution in [2.24, 2.45) is 7.05 Å². The summed E-state index contributed by atoms with van der Waals surface area (Å²) in [6.45, 7) is 2.02. The number of carboxylic acid groups (broad SMARTS) is 1. The van der Waals surface area contributed by atoms with Gasteiger partial charge in [0.2, 0.25) is 0 Å². The maximum absolute atomic E-state index is 12.5. The summed E-state index contributed by atoms with van der Waals surface area (Å²) in [6.07, 6.45) is 1.68. The third-order valence-corrected chi connectivity index (χ3v) is 5.01. The molecule has 4 N–H and O–H groups in total. The summed E-state index contributed by atoms with van der Waals surface area (Å²) in [4.78, 5) is 36.1. The molecule has 0 aliphatic carbocycles. The lowest BCUT2D eigenvalue weighted by Gasteiger charge is -2.19. The molecule has 2 aromatic carbocycles. The highest BCUT2D eigenvalue weighted by molar-refractivity contribution is 5.91. The van der Waals surface area contributed by atoms with Crippen LogP contribution in [0.2, 0.25) is 0 Å². The zero-order chi connectivity index (χ0) is 23.3. The second kappa shape index (κ2) is 9.82. The Bertz CT molecular complexity index is 1200. The summed E-state index contributed by atoms with van der Waals surface area (Å²) in [7, 11) is 1.48. The first-order chi connectivity index (χ1) is 15.2. The summed E-state index contributed by atoms with van der Waals surface area (Å²) in [6, 6.07) is 15.1. The summed E-state index contributed by atoms with van der Waals surface area (Å²) < 4.78 is 1.21. The van der Waals surface area contributed by atoms with Gasteiger partial charge >= 0.3 is 12.0 Å². The minimum atomic E-state index is -1.09. The molecule has 0 spiro atoms. The summed E-state index contributed by atoms with van der Waals surface area (Å²) in [5.41, 5.74) is 3.00. The Morgan fingerprint density at radius 3 is 2.44 bits per heavy atom. The van der Waals surface area contributed by atoms with Gasteiger partial charge in [0.25, 0.3) is 5.56 Å². The number of aliphatic carboxylic acids is 1. The number of urea groups is 1. The van der Waals surface area contributed by atoms with Gasteiger partial charge in [-0.2, -0.15) is 0 Å². The van der Waals surface area contributed by atoms with E-state index in [-0.39, 0.29) is 17.9 Å². The number of carbonyl (C=O) groups is 2. The number of anilines is 1. The number of hydrogen-bond acceptors (Lipinski definition) is 4. The third-order valence-electron chi connectivity index (χ3n) is 5.01. The Morgan fingerprint density at radius 1 is 1.06 bits per heavy atom. The number of aromatic hydroxyl groups is 1. The van der Waals surface area contributed by atoms with Crippen LogP contribution in [-0.4, -0.2) is 26.8 Å². The molecule has 3 rings (SSSR count). The van der Waals surface area contributed by atoms with Crippen LogP contribution in [0.25, 0.3) is 0 Å². The lowest BCUT2D eigenvalue weighted by Crippen LogP contribution is -2.36. The van der Waals surface area contributed by atoms with Crippen molar-refractivity contribution in [2.45, 2.75) is 25.8 Å². The van der Waals surface area contributed by atoms with Crippen molar-refractivity contribution in [1.82, 2.24) is 9.88 Å². The van der Waals surface area contributed by atoms with Gasteiger partial charge in [0.1, 0.15) is 5.75 Å². The molecule has 0 saturated carbocycles. The van der Waals surface area contributed by atoms with Gasteiger partial charge in [0.15, 0.2) is 5.69 Å². The minimum Gasteiger partial charge on any atom is -0.505 e. The highest BCUT2D eigenvalue weighted by Gasteiger charge is 2.20. The van der Waals surface area contributed by atoms with Crippen LogP contribution in [-0.2, 0) is 18.3 Å². The third kappa shape index (κ3) is 5.75. The van der Waals surface area contributed by atoms with E-state index in [1.807, 2.05) is 43.3 Å². The van der Waals surface area contributed by atoms with E-state index < -0.39 is 23.6 Å². The molecular formula is C24H25N3O5. The van der Waals surface area contributed by atoms with E-state index in [0.717, 1.165) is 16.7 Å². The molecule has 0 radical (unpaired) electrons. The lowest BCUT2D eigenvalue weighted by atomic mass is 9.97. The molecule has 8 nitrogen and oxygen atoms in total. The standard InChI is InChI=1S/C24H25N3O5/c1-15-5-3-6-16(11-15)12-17-7-4-8-18(13-17)19(14-21(29)30)25-24(32)26-22-20(28)9-10-27(2)23(22)31/h3-11,13,19,28H,12,14H2,1-2H3,(H,29,30)(H2,25,26,32)/t19-/m0/s1. The zero-order valence-corrected chi connectivity index (χ0v) is 17.8. The molecule has 1 atom stereocenters. The molecule has 32 heavy (non-hydrogen) atoms. The van der Waals surface area contributed by atoms with E-state index in [0.29, 0.717) is 12.0 Å². The largest absolute Gasteiger partial charge is 0.505 e. The molecule has 0 aliphatic rings. The summed E-state index contributed by atoms with van der Waals surface area (Å²) >= 11 is 0. The van der Waals surface area contributed by atoms with E-state index in [2.05, 4.69) is 16.7 Å². The minimum absolute atomic E-state index is 0.283. The molecule has 1 heterocycles. The van der Waals surface area contributed by atoms with Gasteiger partial charge in [0, 0.05) is 13.2 Å². The molecule has 166 valence electrons. The van der Waals surface area contributed by atoms with E-state index in [1.165, 1.54) is 23.9 Å². The van der Waals surface area contributed by atoms with Gasteiger partial charge in [-0.25, -0.2) is 4.79 Å². The number of pyridine rings is 1. The van der Waals surface area contributed by atoms with Crippen molar-refractivity contribution in [3.8, 4) is 5.75 Å². The van der Waals surface area contributed by atoms with Crippen molar-refractivity contribution < 1.29 is 19.8 Å². The quantitative estimate of drug-likeness (QED) is 0.454. The smallest absolute Gasteiger partial charge is 0.319 e. The first-order valence-electron chi connectivity index (χ1n) is 10.0. The predicted molar refractivity (Wildman–Crippen MR) is 121 cm³/mol. The number of hydrogen-bond donors (Lipinski definition) is 4. The fourth-order valence-electron chi connectivity index (χ4n) is 3.45. The topological polar surface area (TPSA) is 121 Å². The van der Waals surface area contributed by atoms with Crippen LogP contribution >= 0.6 is 0 Å². The number of aromatic nitrogens is 1. The first-order valence-corrected chi connectivity index (χ1v) is 10.0. The number of rotatable bonds is 7. The number of nitrogens with zero attached hydrogens (tertiary/aromatic N) is 1. The van der Waals surface area contributed by atoms with Crippen LogP contribution in [0, 0.1) is 6.92 Å². The Kier molecular flexibility index (Phi) is 6.94. The number of nitrogens with one attached hydrogen (secondary N) is 2. The van der Waals surface area contributed by atoms with Crippen molar-refractivity contribution in [3.05, 3.63) is 93.4 Å². The monoisotopic (exact) mass is 435 g/mol. The van der Waals surface area contributed by atoms with E-state index in [9.17, 15) is 24.6 Å². The number of amides is 2. The molecule has 0 bridgehead atoms. The highest BCUT2D eigenvalue weighted by Crippen LogP contribution is 2.22. The van der Waals surface area contributed by atoms with Crippen molar-refractivity contribution in [1.29, 1.82) is 0 Å². The Balaban J connectivity index is 1.81. The highest BCUT2D eigenvalue weighted by atomic mass is 16.4. The van der Waals surface area contributed by atoms with Crippen LogP contribution < -0.4 is 16.2 Å². The maximum Gasteiger partial charge on any atom is 0.319 e. The Labute approximate surface area is 185 Å². The fourth-order valence-corrected chi connectivity index (χ4v) is 3.45. The second-order valence-corrected chi connectivity index (χ2v) is 7.65. The predicted octanol–water partition coefficient (Wildman–Crippen LogP) is 3.33. The van der Waals surface area contributed by atoms with Crippen LogP contribution in [0.1, 0.15) is 34.7 Å². The van der Waals surface area contributed by atoms with Crippen LogP contribution in [0.3, 0.4) is 0 Å². The number of benzene rings is 2. The zero-order valence-electron chi connectivity index (χ0n) is 17.8. The molecule has 1 aromatic heterocycles. The van der Waals surface area contributed by atoms with E-state index in [1.54, 1.807) is 6.07 Å². The van der Waals surface area contributed by atoms with Gasteiger partial charge in [-0.15, -0.1) is 0 Å². The number of carbonyl (C=O) groups excluding carboxylic acids is 1. The summed E-state index contributed by atoms with van der Waals surface area (Å²) in [5.74, 6) is -1.46. The first kappa shape index (κ1) is 22.6. The van der Waals surface area contributed by atoms with Crippen LogP contribution in [0.4, 0.5) is 10.5 Å². The fraction of sp³-hybridized carbons (Fsp3) is 0.208. The van der Waals surface area contributed by atoms with Crippen LogP contribution in [0.5, 0.6) is 5.75 Å². The molecule has 0 fully saturated rings. The van der Waals surface area contributed by atoms with Crippen LogP contribution in [0.15, 0.2) is 65.6 Å². The molecule has 0 aliphatic heterocycles. The van der Waals surface area contributed by atoms with Crippen molar-refractivity contribution >= 4 is 17.7 Å². The Hall–Kier alpha value is -4.07. The van der Waals surface area contributed by atoms with Gasteiger partial charge in [0.05, 0.1) is 12.5 Å². The van der Waals surface area contributed by atoms with E-state index in [4.69, 9.17) is 0 Å². The van der Waals surface area contributed by atoms with Crippen molar-refractivity contribution in [2.75, 3.05) is 5.32 Å².